The van der Waals surface area contributed by atoms with Gasteiger partial charge in [0.1, 0.15) is 6.10 Å². The highest BCUT2D eigenvalue weighted by Gasteiger charge is 2.43. The Labute approximate surface area is 117 Å². The van der Waals surface area contributed by atoms with Crippen LogP contribution < -0.4 is 0 Å². The van der Waals surface area contributed by atoms with E-state index in [1.54, 1.807) is 40.8 Å². The Morgan fingerprint density at radius 2 is 2.06 bits per heavy atom. The van der Waals surface area contributed by atoms with Crippen molar-refractivity contribution >= 4 is 48.4 Å². The Bertz CT molecular complexity index is 485. The molecule has 0 fully saturated rings. The van der Waals surface area contributed by atoms with Crippen LogP contribution in [0.5, 0.6) is 0 Å². The van der Waals surface area contributed by atoms with Crippen LogP contribution in [0.2, 0.25) is 0 Å². The van der Waals surface area contributed by atoms with Crippen molar-refractivity contribution in [3.63, 3.8) is 0 Å². The first-order valence-electron chi connectivity index (χ1n) is 4.48. The van der Waals surface area contributed by atoms with E-state index in [0.29, 0.717) is 5.56 Å². The van der Waals surface area contributed by atoms with Crippen LogP contribution in [-0.4, -0.2) is 21.4 Å². The molecule has 0 heterocycles. The zero-order valence-electron chi connectivity index (χ0n) is 8.81. The molecule has 0 aliphatic carbocycles. The molecular weight excluding hydrogens is 407 g/mol. The van der Waals surface area contributed by atoms with Gasteiger partial charge < -0.3 is 5.11 Å². The van der Waals surface area contributed by atoms with Crippen LogP contribution in [-0.2, 0) is 9.84 Å². The highest BCUT2D eigenvalue weighted by molar-refractivity contribution is 14.1. The van der Waals surface area contributed by atoms with E-state index in [1.165, 1.54) is 0 Å². The van der Waals surface area contributed by atoms with Gasteiger partial charge in [-0.05, 0) is 35.1 Å². The lowest BCUT2D eigenvalue weighted by atomic mass is 10.1. The Balaban J connectivity index is 3.17. The monoisotopic (exact) mass is 418 g/mol. The van der Waals surface area contributed by atoms with Gasteiger partial charge in [-0.1, -0.05) is 45.8 Å². The number of benzene rings is 1. The molecule has 1 aromatic rings. The predicted octanol–water partition coefficient (Wildman–Crippen LogP) is 2.56. The fourth-order valence-electron chi connectivity index (χ4n) is 1.24. The minimum atomic E-state index is -3.41. The fourth-order valence-corrected chi connectivity index (χ4v) is 2.40. The third kappa shape index (κ3) is 2.96. The van der Waals surface area contributed by atoms with Gasteiger partial charge in [0, 0.05) is 6.26 Å². The molecule has 0 spiro atoms. The van der Waals surface area contributed by atoms with Gasteiger partial charge in [-0.25, -0.2) is 8.42 Å². The molecule has 1 rings (SSSR count). The molecule has 0 amide bonds. The number of alkyl halides is 2. The SMILES string of the molecule is Cc1cccc([C@H](O)[C@@](Br)(I)S(C)(=O)=O)c1. The topological polar surface area (TPSA) is 54.4 Å². The lowest BCUT2D eigenvalue weighted by molar-refractivity contribution is 0.191. The summed E-state index contributed by atoms with van der Waals surface area (Å²) in [5.41, 5.74) is 1.56. The number of aryl methyl sites for hydroxylation is 1. The van der Waals surface area contributed by atoms with E-state index in [1.807, 2.05) is 13.0 Å². The number of hydrogen-bond acceptors (Lipinski definition) is 3. The molecule has 0 saturated carbocycles. The molecule has 0 bridgehead atoms. The lowest BCUT2D eigenvalue weighted by Crippen LogP contribution is -2.31. The molecule has 1 N–H and O–H groups in total. The van der Waals surface area contributed by atoms with Gasteiger partial charge in [0.2, 0.25) is 1.66 Å². The van der Waals surface area contributed by atoms with Crippen LogP contribution in [0.4, 0.5) is 0 Å². The summed E-state index contributed by atoms with van der Waals surface area (Å²) in [5, 5.41) is 10.1. The molecule has 16 heavy (non-hydrogen) atoms. The number of aliphatic hydroxyl groups excluding tert-OH is 1. The summed E-state index contributed by atoms with van der Waals surface area (Å²) in [6.07, 6.45) is -0.0179. The summed E-state index contributed by atoms with van der Waals surface area (Å²) in [7, 11) is -3.41. The summed E-state index contributed by atoms with van der Waals surface area (Å²) in [4.78, 5) is 0. The Kier molecular flexibility index (Phi) is 4.42. The predicted molar refractivity (Wildman–Crippen MR) is 76.7 cm³/mol. The molecule has 2 atom stereocenters. The second kappa shape index (κ2) is 4.91. The number of rotatable bonds is 3. The summed E-state index contributed by atoms with van der Waals surface area (Å²) in [6, 6.07) is 7.15. The van der Waals surface area contributed by atoms with Crippen LogP contribution in [0.25, 0.3) is 0 Å². The van der Waals surface area contributed by atoms with Crippen LogP contribution in [0.1, 0.15) is 17.2 Å². The Morgan fingerprint density at radius 1 is 1.50 bits per heavy atom. The van der Waals surface area contributed by atoms with Crippen molar-refractivity contribution in [3.8, 4) is 0 Å². The van der Waals surface area contributed by atoms with Gasteiger partial charge in [-0.3, -0.25) is 0 Å². The van der Waals surface area contributed by atoms with Crippen LogP contribution in [0, 0.1) is 6.92 Å². The van der Waals surface area contributed by atoms with Crippen molar-refractivity contribution in [1.29, 1.82) is 0 Å². The molecule has 0 aliphatic heterocycles. The van der Waals surface area contributed by atoms with Crippen molar-refractivity contribution < 1.29 is 13.5 Å². The van der Waals surface area contributed by atoms with E-state index < -0.39 is 17.6 Å². The number of aliphatic hydroxyl groups is 1. The molecule has 1 aromatic carbocycles. The molecule has 0 aliphatic rings. The first-order valence-corrected chi connectivity index (χ1v) is 8.24. The highest BCUT2D eigenvalue weighted by Crippen LogP contribution is 2.44. The molecule has 90 valence electrons. The van der Waals surface area contributed by atoms with Gasteiger partial charge in [0.05, 0.1) is 0 Å². The second-order valence-electron chi connectivity index (χ2n) is 3.65. The zero-order chi connectivity index (χ0) is 12.6. The smallest absolute Gasteiger partial charge is 0.206 e. The average molecular weight is 419 g/mol. The Morgan fingerprint density at radius 3 is 2.50 bits per heavy atom. The summed E-state index contributed by atoms with van der Waals surface area (Å²) in [6.45, 7) is 1.89. The first-order chi connectivity index (χ1) is 7.16. The Hall–Kier alpha value is 0.340. The largest absolute Gasteiger partial charge is 0.385 e. The van der Waals surface area contributed by atoms with E-state index in [9.17, 15) is 13.5 Å². The van der Waals surface area contributed by atoms with Gasteiger partial charge in [0.25, 0.3) is 0 Å². The van der Waals surface area contributed by atoms with E-state index in [0.717, 1.165) is 11.8 Å². The summed E-state index contributed by atoms with van der Waals surface area (Å²) >= 11 is 4.78. The van der Waals surface area contributed by atoms with Crippen molar-refractivity contribution in [3.05, 3.63) is 35.4 Å². The molecule has 0 unspecified atom stereocenters. The highest BCUT2D eigenvalue weighted by atomic mass is 127. The third-order valence-corrected chi connectivity index (χ3v) is 8.57. The van der Waals surface area contributed by atoms with Crippen molar-refractivity contribution in [2.75, 3.05) is 6.26 Å². The van der Waals surface area contributed by atoms with Crippen LogP contribution >= 0.6 is 38.5 Å². The van der Waals surface area contributed by atoms with Gasteiger partial charge in [0.15, 0.2) is 9.84 Å². The van der Waals surface area contributed by atoms with Gasteiger partial charge in [-0.2, -0.15) is 0 Å². The van der Waals surface area contributed by atoms with Gasteiger partial charge in [-0.15, -0.1) is 0 Å². The maximum absolute atomic E-state index is 11.5. The van der Waals surface area contributed by atoms with E-state index in [4.69, 9.17) is 0 Å². The second-order valence-corrected chi connectivity index (χ2v) is 11.5. The molecule has 0 saturated heterocycles. The number of halogens is 2. The van der Waals surface area contributed by atoms with E-state index >= 15 is 0 Å². The van der Waals surface area contributed by atoms with Crippen molar-refractivity contribution in [2.24, 2.45) is 0 Å². The molecule has 6 heteroatoms. The summed E-state index contributed by atoms with van der Waals surface area (Å²) in [5.74, 6) is 0. The van der Waals surface area contributed by atoms with Crippen molar-refractivity contribution in [2.45, 2.75) is 14.7 Å². The normalized spacial score (nSPS) is 17.8. The average Bonchev–Trinajstić information content (AvgIpc) is 2.14. The van der Waals surface area contributed by atoms with E-state index in [2.05, 4.69) is 15.9 Å². The maximum atomic E-state index is 11.5. The fraction of sp³-hybridized carbons (Fsp3) is 0.400. The molecule has 0 aromatic heterocycles. The zero-order valence-corrected chi connectivity index (χ0v) is 13.4. The van der Waals surface area contributed by atoms with Gasteiger partial charge >= 0.3 is 0 Å². The van der Waals surface area contributed by atoms with Crippen LogP contribution in [0.15, 0.2) is 24.3 Å². The minimum absolute atomic E-state index is 0.580. The first kappa shape index (κ1) is 14.4. The third-order valence-electron chi connectivity index (χ3n) is 2.17. The van der Waals surface area contributed by atoms with Crippen LogP contribution in [0.3, 0.4) is 0 Å². The maximum Gasteiger partial charge on any atom is 0.206 e. The van der Waals surface area contributed by atoms with Crippen molar-refractivity contribution in [1.82, 2.24) is 0 Å². The number of hydrogen-bond donors (Lipinski definition) is 1. The molecule has 0 radical (unpaired) electrons. The number of sulfone groups is 1. The standard InChI is InChI=1S/C10H12BrIO3S/c1-7-4-3-5-8(6-7)9(13)10(11,12)16(2,14)15/h3-6,9,13H,1-2H3/t9-,10+/m0/s1. The molecule has 3 nitrogen and oxygen atoms in total. The van der Waals surface area contributed by atoms with E-state index in [-0.39, 0.29) is 0 Å². The molecular formula is C10H12BrIO3S. The lowest BCUT2D eigenvalue weighted by Gasteiger charge is -2.25. The summed E-state index contributed by atoms with van der Waals surface area (Å²) < 4.78 is 21.7. The minimum Gasteiger partial charge on any atom is -0.385 e. The quantitative estimate of drug-likeness (QED) is 0.606.